The van der Waals surface area contributed by atoms with Crippen molar-refractivity contribution >= 4 is 39.3 Å². The Morgan fingerprint density at radius 3 is 2.57 bits per heavy atom. The third kappa shape index (κ3) is 5.21. The molecule has 0 heterocycles. The quantitative estimate of drug-likeness (QED) is 0.740. The van der Waals surface area contributed by atoms with E-state index in [0.29, 0.717) is 6.42 Å². The second-order valence-corrected chi connectivity index (χ2v) is 7.00. The second kappa shape index (κ2) is 7.66. The summed E-state index contributed by atoms with van der Waals surface area (Å²) in [4.78, 5) is 13.2. The number of thioether (sulfide) groups is 1. The minimum absolute atomic E-state index is 0.0633. The first-order chi connectivity index (χ1) is 10.0. The van der Waals surface area contributed by atoms with Crippen LogP contribution in [0.3, 0.4) is 0 Å². The van der Waals surface area contributed by atoms with Crippen LogP contribution in [-0.2, 0) is 4.79 Å². The maximum absolute atomic E-state index is 12.0. The van der Waals surface area contributed by atoms with E-state index in [9.17, 15) is 4.79 Å². The molecule has 1 N–H and O–H groups in total. The molecular weight excluding hydrogens is 346 g/mol. The first-order valence-corrected chi connectivity index (χ1v) is 8.58. The number of hydrogen-bond donors (Lipinski definition) is 1. The molecule has 110 valence electrons. The highest BCUT2D eigenvalue weighted by atomic mass is 79.9. The topological polar surface area (TPSA) is 29.1 Å². The third-order valence-electron chi connectivity index (χ3n) is 3.08. The highest BCUT2D eigenvalue weighted by Gasteiger charge is 2.05. The van der Waals surface area contributed by atoms with Crippen molar-refractivity contribution in [2.45, 2.75) is 25.2 Å². The number of anilines is 1. The summed E-state index contributed by atoms with van der Waals surface area (Å²) in [6.07, 6.45) is 0.508. The summed E-state index contributed by atoms with van der Waals surface area (Å²) in [6.45, 7) is 4.03. The van der Waals surface area contributed by atoms with Crippen LogP contribution in [0.5, 0.6) is 0 Å². The smallest absolute Gasteiger partial charge is 0.225 e. The molecule has 2 aromatic rings. The van der Waals surface area contributed by atoms with Crippen LogP contribution in [0.4, 0.5) is 5.69 Å². The normalized spacial score (nSPS) is 10.4. The fourth-order valence-electron chi connectivity index (χ4n) is 1.88. The number of hydrogen-bond acceptors (Lipinski definition) is 2. The van der Waals surface area contributed by atoms with Crippen LogP contribution in [0.25, 0.3) is 0 Å². The Bertz CT molecular complexity index is 625. The molecule has 2 rings (SSSR count). The van der Waals surface area contributed by atoms with Crippen molar-refractivity contribution in [3.8, 4) is 0 Å². The molecule has 2 aromatic carbocycles. The molecule has 0 saturated heterocycles. The van der Waals surface area contributed by atoms with E-state index in [2.05, 4.69) is 33.4 Å². The summed E-state index contributed by atoms with van der Waals surface area (Å²) in [5.74, 6) is 0.839. The minimum Gasteiger partial charge on any atom is -0.326 e. The van der Waals surface area contributed by atoms with Gasteiger partial charge in [0.1, 0.15) is 0 Å². The summed E-state index contributed by atoms with van der Waals surface area (Å²) >= 11 is 5.11. The molecule has 0 aliphatic carbocycles. The first-order valence-electron chi connectivity index (χ1n) is 6.80. The number of amides is 1. The average molecular weight is 364 g/mol. The number of benzene rings is 2. The van der Waals surface area contributed by atoms with Crippen LogP contribution in [0, 0.1) is 13.8 Å². The Morgan fingerprint density at radius 1 is 1.14 bits per heavy atom. The first kappa shape index (κ1) is 16.1. The number of carbonyl (C=O) groups is 1. The molecule has 0 bridgehead atoms. The average Bonchev–Trinajstić information content (AvgIpc) is 2.45. The van der Waals surface area contributed by atoms with Gasteiger partial charge < -0.3 is 5.32 Å². The van der Waals surface area contributed by atoms with E-state index < -0.39 is 0 Å². The molecule has 0 spiro atoms. The molecule has 0 aromatic heterocycles. The molecule has 0 unspecified atom stereocenters. The lowest BCUT2D eigenvalue weighted by molar-refractivity contribution is -0.115. The highest BCUT2D eigenvalue weighted by molar-refractivity contribution is 9.10. The van der Waals surface area contributed by atoms with Crippen LogP contribution in [-0.4, -0.2) is 11.7 Å². The summed E-state index contributed by atoms with van der Waals surface area (Å²) in [6, 6.07) is 14.2. The van der Waals surface area contributed by atoms with Gasteiger partial charge in [0.25, 0.3) is 0 Å². The molecule has 21 heavy (non-hydrogen) atoms. The Labute approximate surface area is 138 Å². The zero-order valence-corrected chi connectivity index (χ0v) is 14.6. The predicted molar refractivity (Wildman–Crippen MR) is 94.0 cm³/mol. The summed E-state index contributed by atoms with van der Waals surface area (Å²) in [7, 11) is 0. The van der Waals surface area contributed by atoms with Gasteiger partial charge in [-0.15, -0.1) is 11.8 Å². The van der Waals surface area contributed by atoms with Crippen molar-refractivity contribution in [1.29, 1.82) is 0 Å². The van der Waals surface area contributed by atoms with Gasteiger partial charge in [-0.1, -0.05) is 28.1 Å². The predicted octanol–water partition coefficient (Wildman–Crippen LogP) is 5.19. The van der Waals surface area contributed by atoms with Crippen molar-refractivity contribution in [2.24, 2.45) is 0 Å². The largest absolute Gasteiger partial charge is 0.326 e. The molecule has 0 saturated carbocycles. The van der Waals surface area contributed by atoms with Crippen LogP contribution < -0.4 is 5.32 Å². The maximum atomic E-state index is 12.0. The van der Waals surface area contributed by atoms with Gasteiger partial charge in [-0.25, -0.2) is 0 Å². The lowest BCUT2D eigenvalue weighted by atomic mass is 10.1. The van der Waals surface area contributed by atoms with E-state index in [1.807, 2.05) is 44.2 Å². The fraction of sp³-hybridized carbons (Fsp3) is 0.235. The lowest BCUT2D eigenvalue weighted by Crippen LogP contribution is -2.13. The van der Waals surface area contributed by atoms with Gasteiger partial charge in [0.15, 0.2) is 0 Å². The minimum atomic E-state index is 0.0633. The molecule has 4 heteroatoms. The van der Waals surface area contributed by atoms with Crippen molar-refractivity contribution in [1.82, 2.24) is 0 Å². The van der Waals surface area contributed by atoms with Gasteiger partial charge in [-0.05, 0) is 55.3 Å². The molecule has 0 atom stereocenters. The van der Waals surface area contributed by atoms with Gasteiger partial charge >= 0.3 is 0 Å². The summed E-state index contributed by atoms with van der Waals surface area (Å²) < 4.78 is 1.07. The fourth-order valence-corrected chi connectivity index (χ4v) is 2.99. The monoisotopic (exact) mass is 363 g/mol. The van der Waals surface area contributed by atoms with E-state index in [1.54, 1.807) is 11.8 Å². The van der Waals surface area contributed by atoms with E-state index in [0.717, 1.165) is 27.0 Å². The second-order valence-electron chi connectivity index (χ2n) is 4.92. The van der Waals surface area contributed by atoms with Gasteiger partial charge in [0, 0.05) is 27.2 Å². The van der Waals surface area contributed by atoms with E-state index in [-0.39, 0.29) is 5.91 Å². The van der Waals surface area contributed by atoms with E-state index >= 15 is 0 Å². The molecular formula is C17H18BrNOS. The number of carbonyl (C=O) groups excluding carboxylic acids is 1. The van der Waals surface area contributed by atoms with Crippen LogP contribution >= 0.6 is 27.7 Å². The number of rotatable bonds is 5. The van der Waals surface area contributed by atoms with Gasteiger partial charge in [0.2, 0.25) is 5.91 Å². The van der Waals surface area contributed by atoms with Crippen LogP contribution in [0.1, 0.15) is 17.5 Å². The molecule has 2 nitrogen and oxygen atoms in total. The zero-order chi connectivity index (χ0) is 15.2. The SMILES string of the molecule is Cc1ccc(C)c(NC(=O)CCSc2ccc(Br)cc2)c1. The Morgan fingerprint density at radius 2 is 1.86 bits per heavy atom. The molecule has 0 fully saturated rings. The number of nitrogens with one attached hydrogen (secondary N) is 1. The number of aryl methyl sites for hydroxylation is 2. The Kier molecular flexibility index (Phi) is 5.88. The van der Waals surface area contributed by atoms with Crippen LogP contribution in [0.2, 0.25) is 0 Å². The summed E-state index contributed by atoms with van der Waals surface area (Å²) in [5.41, 5.74) is 3.16. The summed E-state index contributed by atoms with van der Waals surface area (Å²) in [5, 5.41) is 2.99. The Hall–Kier alpha value is -1.26. The number of halogens is 1. The Balaban J connectivity index is 1.82. The molecule has 0 aliphatic heterocycles. The molecule has 1 amide bonds. The molecule has 0 aliphatic rings. The van der Waals surface area contributed by atoms with Crippen molar-refractivity contribution in [2.75, 3.05) is 11.1 Å². The van der Waals surface area contributed by atoms with Crippen molar-refractivity contribution < 1.29 is 4.79 Å². The standard InChI is InChI=1S/C17H18BrNOS/c1-12-3-4-13(2)16(11-12)19-17(20)9-10-21-15-7-5-14(18)6-8-15/h3-8,11H,9-10H2,1-2H3,(H,19,20). The highest BCUT2D eigenvalue weighted by Crippen LogP contribution is 2.22. The van der Waals surface area contributed by atoms with Crippen molar-refractivity contribution in [3.63, 3.8) is 0 Å². The van der Waals surface area contributed by atoms with Crippen molar-refractivity contribution in [3.05, 3.63) is 58.1 Å². The zero-order valence-electron chi connectivity index (χ0n) is 12.2. The van der Waals surface area contributed by atoms with E-state index in [4.69, 9.17) is 0 Å². The molecule has 0 radical (unpaired) electrons. The van der Waals surface area contributed by atoms with Gasteiger partial charge in [-0.3, -0.25) is 4.79 Å². The lowest BCUT2D eigenvalue weighted by Gasteiger charge is -2.09. The van der Waals surface area contributed by atoms with Gasteiger partial charge in [-0.2, -0.15) is 0 Å². The van der Waals surface area contributed by atoms with Gasteiger partial charge in [0.05, 0.1) is 0 Å². The third-order valence-corrected chi connectivity index (χ3v) is 4.62. The van der Waals surface area contributed by atoms with Crippen LogP contribution in [0.15, 0.2) is 51.8 Å². The maximum Gasteiger partial charge on any atom is 0.225 e. The van der Waals surface area contributed by atoms with E-state index in [1.165, 1.54) is 4.90 Å².